The number of aliphatic carboxylic acids is 1. The fourth-order valence-electron chi connectivity index (χ4n) is 1.26. The lowest BCUT2D eigenvalue weighted by Crippen LogP contribution is -2.18. The van der Waals surface area contributed by atoms with Gasteiger partial charge in [0.2, 0.25) is 0 Å². The normalized spacial score (nSPS) is 13.6. The van der Waals surface area contributed by atoms with Crippen molar-refractivity contribution < 1.29 is 22.5 Å². The number of carboxylic acids is 1. The van der Waals surface area contributed by atoms with Gasteiger partial charge in [-0.05, 0) is 19.3 Å². The third kappa shape index (κ3) is 10.2. The average molecular weight is 273 g/mol. The number of hydrogen-bond donors (Lipinski definition) is 1. The van der Waals surface area contributed by atoms with Gasteiger partial charge in [-0.3, -0.25) is 8.98 Å². The fourth-order valence-corrected chi connectivity index (χ4v) is 2.19. The van der Waals surface area contributed by atoms with E-state index in [9.17, 15) is 13.2 Å². The summed E-state index contributed by atoms with van der Waals surface area (Å²) in [6, 6.07) is 0. The quantitative estimate of drug-likeness (QED) is 0.392. The molecule has 0 aromatic heterocycles. The Morgan fingerprint density at radius 1 is 1.38 bits per heavy atom. The number of alkyl halides is 1. The predicted molar refractivity (Wildman–Crippen MR) is 61.2 cm³/mol. The first-order chi connectivity index (χ1) is 7.35. The van der Waals surface area contributed by atoms with E-state index in [1.807, 2.05) is 0 Å². The van der Waals surface area contributed by atoms with Crippen molar-refractivity contribution in [2.24, 2.45) is 0 Å². The van der Waals surface area contributed by atoms with E-state index >= 15 is 0 Å². The number of carboxylic acid groups (broad SMARTS) is 1. The zero-order chi connectivity index (χ0) is 12.6. The standard InChI is InChI=1S/C9H17ClO5S/c1-16(13,14)15-8(6-7-10)4-2-3-5-9(11)12/h8H,2-7H2,1H3,(H,11,12)/t8-/m0/s1. The summed E-state index contributed by atoms with van der Waals surface area (Å²) in [7, 11) is -3.47. The van der Waals surface area contributed by atoms with Crippen molar-refractivity contribution in [3.8, 4) is 0 Å². The second-order valence-electron chi connectivity index (χ2n) is 3.54. The second kappa shape index (κ2) is 7.86. The van der Waals surface area contributed by atoms with Gasteiger partial charge in [0.15, 0.2) is 0 Å². The van der Waals surface area contributed by atoms with Crippen LogP contribution in [0.5, 0.6) is 0 Å². The van der Waals surface area contributed by atoms with E-state index < -0.39 is 22.2 Å². The summed E-state index contributed by atoms with van der Waals surface area (Å²) in [6.45, 7) is 0. The maximum atomic E-state index is 10.9. The minimum Gasteiger partial charge on any atom is -0.481 e. The molecule has 0 aliphatic carbocycles. The van der Waals surface area contributed by atoms with Crippen LogP contribution in [0.3, 0.4) is 0 Å². The van der Waals surface area contributed by atoms with Crippen LogP contribution in [0.4, 0.5) is 0 Å². The van der Waals surface area contributed by atoms with E-state index in [2.05, 4.69) is 0 Å². The lowest BCUT2D eigenvalue weighted by Gasteiger charge is -2.14. The van der Waals surface area contributed by atoms with Crippen LogP contribution in [-0.2, 0) is 19.1 Å². The molecule has 5 nitrogen and oxygen atoms in total. The smallest absolute Gasteiger partial charge is 0.303 e. The number of halogens is 1. The maximum absolute atomic E-state index is 10.9. The summed E-state index contributed by atoms with van der Waals surface area (Å²) in [5.41, 5.74) is 0. The number of hydrogen-bond acceptors (Lipinski definition) is 4. The van der Waals surface area contributed by atoms with Gasteiger partial charge in [0.25, 0.3) is 10.1 Å². The molecule has 0 saturated carbocycles. The van der Waals surface area contributed by atoms with Gasteiger partial charge in [-0.2, -0.15) is 8.42 Å². The molecule has 1 N–H and O–H groups in total. The van der Waals surface area contributed by atoms with E-state index in [0.29, 0.717) is 31.6 Å². The lowest BCUT2D eigenvalue weighted by molar-refractivity contribution is -0.137. The molecule has 0 saturated heterocycles. The third-order valence-corrected chi connectivity index (χ3v) is 2.75. The molecule has 0 spiro atoms. The highest BCUT2D eigenvalue weighted by Crippen LogP contribution is 2.13. The van der Waals surface area contributed by atoms with Crippen LogP contribution in [0, 0.1) is 0 Å². The van der Waals surface area contributed by atoms with Crippen LogP contribution < -0.4 is 0 Å². The molecule has 16 heavy (non-hydrogen) atoms. The van der Waals surface area contributed by atoms with Crippen LogP contribution in [-0.4, -0.2) is 37.7 Å². The van der Waals surface area contributed by atoms with Crippen LogP contribution in [0.1, 0.15) is 32.1 Å². The van der Waals surface area contributed by atoms with Gasteiger partial charge < -0.3 is 5.11 Å². The number of rotatable bonds is 9. The Balaban J connectivity index is 3.90. The van der Waals surface area contributed by atoms with Crippen molar-refractivity contribution in [2.45, 2.75) is 38.2 Å². The fraction of sp³-hybridized carbons (Fsp3) is 0.889. The Bertz CT molecular complexity index is 301. The SMILES string of the molecule is CS(=O)(=O)O[C@H](CCCl)CCCCC(=O)O. The van der Waals surface area contributed by atoms with Gasteiger partial charge in [-0.25, -0.2) is 0 Å². The Labute approximate surface area is 101 Å². The molecule has 7 heteroatoms. The molecule has 0 rings (SSSR count). The van der Waals surface area contributed by atoms with E-state index in [-0.39, 0.29) is 6.42 Å². The Morgan fingerprint density at radius 2 is 2.00 bits per heavy atom. The average Bonchev–Trinajstić information content (AvgIpc) is 2.09. The van der Waals surface area contributed by atoms with Gasteiger partial charge in [0.05, 0.1) is 12.4 Å². The molecule has 0 aliphatic rings. The molecule has 0 amide bonds. The zero-order valence-corrected chi connectivity index (χ0v) is 10.8. The monoisotopic (exact) mass is 272 g/mol. The summed E-state index contributed by atoms with van der Waals surface area (Å²) in [5.74, 6) is -0.531. The zero-order valence-electron chi connectivity index (χ0n) is 9.19. The van der Waals surface area contributed by atoms with Gasteiger partial charge in [-0.15, -0.1) is 11.6 Å². The van der Waals surface area contributed by atoms with E-state index in [4.69, 9.17) is 20.9 Å². The molecule has 1 atom stereocenters. The minimum absolute atomic E-state index is 0.0898. The molecule has 0 aromatic rings. The molecule has 0 fully saturated rings. The van der Waals surface area contributed by atoms with Crippen molar-refractivity contribution >= 4 is 27.7 Å². The number of unbranched alkanes of at least 4 members (excludes halogenated alkanes) is 1. The van der Waals surface area contributed by atoms with Crippen LogP contribution >= 0.6 is 11.6 Å². The first kappa shape index (κ1) is 15.7. The molecule has 0 aliphatic heterocycles. The molecular weight excluding hydrogens is 256 g/mol. The van der Waals surface area contributed by atoms with Crippen LogP contribution in [0.2, 0.25) is 0 Å². The largest absolute Gasteiger partial charge is 0.481 e. The summed E-state index contributed by atoms with van der Waals surface area (Å²) in [4.78, 5) is 10.3. The van der Waals surface area contributed by atoms with Crippen molar-refractivity contribution in [3.05, 3.63) is 0 Å². The Morgan fingerprint density at radius 3 is 2.44 bits per heavy atom. The van der Waals surface area contributed by atoms with Gasteiger partial charge in [0.1, 0.15) is 0 Å². The summed E-state index contributed by atoms with van der Waals surface area (Å²) >= 11 is 5.52. The highest BCUT2D eigenvalue weighted by molar-refractivity contribution is 7.86. The van der Waals surface area contributed by atoms with Gasteiger partial charge in [-0.1, -0.05) is 6.42 Å². The highest BCUT2D eigenvalue weighted by Gasteiger charge is 2.14. The summed E-state index contributed by atoms with van der Waals surface area (Å²) in [5, 5.41) is 8.42. The minimum atomic E-state index is -3.47. The van der Waals surface area contributed by atoms with Crippen molar-refractivity contribution in [3.63, 3.8) is 0 Å². The third-order valence-electron chi connectivity index (χ3n) is 1.91. The first-order valence-corrected chi connectivity index (χ1v) is 7.36. The lowest BCUT2D eigenvalue weighted by atomic mass is 10.1. The molecule has 0 bridgehead atoms. The Kier molecular flexibility index (Phi) is 7.70. The predicted octanol–water partition coefficient (Wildman–Crippen LogP) is 1.61. The van der Waals surface area contributed by atoms with Crippen molar-refractivity contribution in [2.75, 3.05) is 12.1 Å². The van der Waals surface area contributed by atoms with Crippen LogP contribution in [0.25, 0.3) is 0 Å². The van der Waals surface area contributed by atoms with Gasteiger partial charge in [0, 0.05) is 12.3 Å². The van der Waals surface area contributed by atoms with E-state index in [0.717, 1.165) is 6.26 Å². The molecule has 0 aromatic carbocycles. The molecule has 0 radical (unpaired) electrons. The maximum Gasteiger partial charge on any atom is 0.303 e. The van der Waals surface area contributed by atoms with Crippen molar-refractivity contribution in [1.82, 2.24) is 0 Å². The topological polar surface area (TPSA) is 80.7 Å². The molecule has 0 heterocycles. The van der Waals surface area contributed by atoms with E-state index in [1.54, 1.807) is 0 Å². The van der Waals surface area contributed by atoms with Crippen molar-refractivity contribution in [1.29, 1.82) is 0 Å². The number of carbonyl (C=O) groups is 1. The summed E-state index contributed by atoms with van der Waals surface area (Å²) in [6.07, 6.45) is 2.72. The first-order valence-electron chi connectivity index (χ1n) is 5.01. The van der Waals surface area contributed by atoms with Gasteiger partial charge >= 0.3 is 5.97 Å². The molecule has 96 valence electrons. The molecule has 0 unspecified atom stereocenters. The highest BCUT2D eigenvalue weighted by atomic mass is 35.5. The summed E-state index contributed by atoms with van der Waals surface area (Å²) < 4.78 is 26.6. The second-order valence-corrected chi connectivity index (χ2v) is 5.52. The Hall–Kier alpha value is -0.330. The van der Waals surface area contributed by atoms with Crippen LogP contribution in [0.15, 0.2) is 0 Å². The molecular formula is C9H17ClO5S. The van der Waals surface area contributed by atoms with E-state index in [1.165, 1.54) is 0 Å².